The summed E-state index contributed by atoms with van der Waals surface area (Å²) in [6, 6.07) is 3.41. The van der Waals surface area contributed by atoms with Gasteiger partial charge in [0.1, 0.15) is 5.60 Å². The van der Waals surface area contributed by atoms with Gasteiger partial charge in [-0.25, -0.2) is 4.79 Å². The molecule has 8 heteroatoms. The van der Waals surface area contributed by atoms with Gasteiger partial charge in [-0.3, -0.25) is 4.79 Å². The largest absolute Gasteiger partial charge is 0.444 e. The molecule has 2 aliphatic heterocycles. The summed E-state index contributed by atoms with van der Waals surface area (Å²) in [6.45, 7) is 8.83. The Kier molecular flexibility index (Phi) is 6.13. The van der Waals surface area contributed by atoms with E-state index in [0.717, 1.165) is 11.1 Å². The average molecular weight is 429 g/mol. The molecule has 0 aromatic heterocycles. The maximum Gasteiger partial charge on any atom is 0.410 e. The van der Waals surface area contributed by atoms with Gasteiger partial charge in [0.25, 0.3) is 5.91 Å². The van der Waals surface area contributed by atoms with Gasteiger partial charge in [0.05, 0.1) is 19.2 Å². The molecule has 1 fully saturated rings. The third-order valence-corrected chi connectivity index (χ3v) is 5.49. The highest BCUT2D eigenvalue weighted by molar-refractivity contribution is 6.35. The standard InChI is InChI=1S/C20H26Cl2N2O4/c1-12-17-13(9-14(21)10-15(17)22)5-6-24(12)18(25)16-11-23(7-8-27-16)19(26)28-20(2,3)4/h9-10,12,16H,5-8,11H2,1-4H3/t12-,16+/m0/s1. The van der Waals surface area contributed by atoms with Crippen molar-refractivity contribution in [3.8, 4) is 0 Å². The summed E-state index contributed by atoms with van der Waals surface area (Å²) < 4.78 is 11.1. The number of halogens is 2. The van der Waals surface area contributed by atoms with Crippen molar-refractivity contribution >= 4 is 35.2 Å². The number of hydrogen-bond acceptors (Lipinski definition) is 4. The summed E-state index contributed by atoms with van der Waals surface area (Å²) in [5.74, 6) is -0.141. The molecule has 2 aliphatic rings. The Morgan fingerprint density at radius 3 is 2.61 bits per heavy atom. The molecule has 0 aliphatic carbocycles. The van der Waals surface area contributed by atoms with Crippen molar-refractivity contribution in [1.82, 2.24) is 9.80 Å². The van der Waals surface area contributed by atoms with E-state index in [-0.39, 0.29) is 18.5 Å². The Morgan fingerprint density at radius 1 is 1.21 bits per heavy atom. The Hall–Kier alpha value is -1.50. The summed E-state index contributed by atoms with van der Waals surface area (Å²) in [7, 11) is 0. The fourth-order valence-corrected chi connectivity index (χ4v) is 4.37. The zero-order valence-electron chi connectivity index (χ0n) is 16.6. The fourth-order valence-electron chi connectivity index (χ4n) is 3.68. The predicted molar refractivity (Wildman–Crippen MR) is 108 cm³/mol. The first-order valence-corrected chi connectivity index (χ1v) is 10.2. The summed E-state index contributed by atoms with van der Waals surface area (Å²) in [5.41, 5.74) is 1.40. The van der Waals surface area contributed by atoms with Gasteiger partial charge in [-0.1, -0.05) is 23.2 Å². The molecule has 0 unspecified atom stereocenters. The highest BCUT2D eigenvalue weighted by atomic mass is 35.5. The van der Waals surface area contributed by atoms with Crippen LogP contribution in [-0.2, 0) is 20.7 Å². The maximum absolute atomic E-state index is 13.2. The minimum Gasteiger partial charge on any atom is -0.444 e. The van der Waals surface area contributed by atoms with E-state index in [1.165, 1.54) is 4.90 Å². The van der Waals surface area contributed by atoms with E-state index in [1.807, 2.05) is 33.8 Å². The highest BCUT2D eigenvalue weighted by Gasteiger charge is 2.37. The number of benzene rings is 1. The van der Waals surface area contributed by atoms with E-state index in [9.17, 15) is 9.59 Å². The van der Waals surface area contributed by atoms with E-state index in [0.29, 0.717) is 36.2 Å². The van der Waals surface area contributed by atoms with Gasteiger partial charge >= 0.3 is 6.09 Å². The zero-order valence-corrected chi connectivity index (χ0v) is 18.1. The molecular formula is C20H26Cl2N2O4. The van der Waals surface area contributed by atoms with Crippen molar-refractivity contribution in [1.29, 1.82) is 0 Å². The first kappa shape index (κ1) is 21.2. The molecule has 6 nitrogen and oxygen atoms in total. The maximum atomic E-state index is 13.2. The number of rotatable bonds is 1. The van der Waals surface area contributed by atoms with E-state index in [4.69, 9.17) is 32.7 Å². The smallest absolute Gasteiger partial charge is 0.410 e. The number of amides is 2. The second kappa shape index (κ2) is 8.09. The molecule has 2 atom stereocenters. The van der Waals surface area contributed by atoms with Crippen molar-refractivity contribution in [2.24, 2.45) is 0 Å². The van der Waals surface area contributed by atoms with E-state index in [2.05, 4.69) is 0 Å². The Morgan fingerprint density at radius 2 is 1.93 bits per heavy atom. The van der Waals surface area contributed by atoms with Gasteiger partial charge in [0.2, 0.25) is 0 Å². The molecule has 1 aromatic carbocycles. The van der Waals surface area contributed by atoms with Crippen LogP contribution in [0.5, 0.6) is 0 Å². The van der Waals surface area contributed by atoms with Gasteiger partial charge < -0.3 is 19.3 Å². The summed E-state index contributed by atoms with van der Waals surface area (Å²) in [5, 5.41) is 1.16. The SMILES string of the molecule is C[C@H]1c2c(Cl)cc(Cl)cc2CCN1C(=O)[C@H]1CN(C(=O)OC(C)(C)C)CCO1. The van der Waals surface area contributed by atoms with Crippen LogP contribution in [-0.4, -0.2) is 59.7 Å². The van der Waals surface area contributed by atoms with Crippen molar-refractivity contribution in [3.05, 3.63) is 33.3 Å². The molecule has 3 rings (SSSR count). The third-order valence-electron chi connectivity index (χ3n) is 4.96. The Balaban J connectivity index is 1.72. The molecule has 1 aromatic rings. The lowest BCUT2D eigenvalue weighted by molar-refractivity contribution is -0.151. The van der Waals surface area contributed by atoms with Gasteiger partial charge in [-0.2, -0.15) is 0 Å². The van der Waals surface area contributed by atoms with E-state index in [1.54, 1.807) is 11.0 Å². The molecule has 28 heavy (non-hydrogen) atoms. The molecular weight excluding hydrogens is 403 g/mol. The van der Waals surface area contributed by atoms with Crippen LogP contribution in [0.3, 0.4) is 0 Å². The van der Waals surface area contributed by atoms with Crippen LogP contribution in [0.2, 0.25) is 10.0 Å². The molecule has 0 saturated carbocycles. The minimum absolute atomic E-state index is 0.141. The van der Waals surface area contributed by atoms with Gasteiger partial charge in [-0.15, -0.1) is 0 Å². The highest BCUT2D eigenvalue weighted by Crippen LogP contribution is 2.37. The molecule has 1 saturated heterocycles. The zero-order chi connectivity index (χ0) is 20.6. The molecule has 154 valence electrons. The van der Waals surface area contributed by atoms with Crippen molar-refractivity contribution < 1.29 is 19.1 Å². The second-order valence-electron chi connectivity index (χ2n) is 8.20. The monoisotopic (exact) mass is 428 g/mol. The number of nitrogens with zero attached hydrogens (tertiary/aromatic N) is 2. The normalized spacial score (nSPS) is 22.6. The number of morpholine rings is 1. The van der Waals surface area contributed by atoms with Crippen LogP contribution in [0.25, 0.3) is 0 Å². The fraction of sp³-hybridized carbons (Fsp3) is 0.600. The van der Waals surface area contributed by atoms with Gasteiger partial charge in [0.15, 0.2) is 6.10 Å². The minimum atomic E-state index is -0.712. The van der Waals surface area contributed by atoms with Crippen LogP contribution in [0.15, 0.2) is 12.1 Å². The van der Waals surface area contributed by atoms with E-state index < -0.39 is 17.8 Å². The topological polar surface area (TPSA) is 59.1 Å². The van der Waals surface area contributed by atoms with Gasteiger partial charge in [-0.05, 0) is 57.4 Å². The first-order chi connectivity index (χ1) is 13.1. The summed E-state index contributed by atoms with van der Waals surface area (Å²) in [4.78, 5) is 28.8. The van der Waals surface area contributed by atoms with Gasteiger partial charge in [0, 0.05) is 23.1 Å². The predicted octanol–water partition coefficient (Wildman–Crippen LogP) is 4.08. The van der Waals surface area contributed by atoms with Crippen molar-refractivity contribution in [2.75, 3.05) is 26.2 Å². The molecule has 0 N–H and O–H groups in total. The van der Waals surface area contributed by atoms with Crippen LogP contribution < -0.4 is 0 Å². The van der Waals surface area contributed by atoms with Crippen molar-refractivity contribution in [3.63, 3.8) is 0 Å². The van der Waals surface area contributed by atoms with Crippen LogP contribution >= 0.6 is 23.2 Å². The summed E-state index contributed by atoms with van der Waals surface area (Å²) >= 11 is 12.5. The molecule has 0 spiro atoms. The second-order valence-corrected chi connectivity index (χ2v) is 9.05. The van der Waals surface area contributed by atoms with Crippen LogP contribution in [0.4, 0.5) is 4.79 Å². The number of carbonyl (C=O) groups excluding carboxylic acids is 2. The summed E-state index contributed by atoms with van der Waals surface area (Å²) in [6.07, 6.45) is -0.464. The van der Waals surface area contributed by atoms with Crippen molar-refractivity contribution in [2.45, 2.75) is 51.9 Å². The first-order valence-electron chi connectivity index (χ1n) is 9.44. The quantitative estimate of drug-likeness (QED) is 0.675. The molecule has 0 bridgehead atoms. The molecule has 0 radical (unpaired) electrons. The number of carbonyl (C=O) groups is 2. The lowest BCUT2D eigenvalue weighted by Crippen LogP contribution is -2.54. The Labute approximate surface area is 175 Å². The lowest BCUT2D eigenvalue weighted by Gasteiger charge is -2.40. The van der Waals surface area contributed by atoms with Crippen LogP contribution in [0, 0.1) is 0 Å². The molecule has 2 amide bonds. The number of hydrogen-bond donors (Lipinski definition) is 0. The lowest BCUT2D eigenvalue weighted by atomic mass is 9.93. The third kappa shape index (κ3) is 4.56. The van der Waals surface area contributed by atoms with E-state index >= 15 is 0 Å². The molecule has 2 heterocycles. The van der Waals surface area contributed by atoms with Crippen LogP contribution in [0.1, 0.15) is 44.9 Å². The Bertz CT molecular complexity index is 778. The number of fused-ring (bicyclic) bond motifs is 1. The number of ether oxygens (including phenoxy) is 2. The average Bonchev–Trinajstić information content (AvgIpc) is 2.59.